The monoisotopic (exact) mass is 480 g/mol. The zero-order valence-corrected chi connectivity index (χ0v) is 19.8. The SMILES string of the molecule is CCN(CC)C(C)CCCCS(=O)(=NC(=O)N(C)C)c1ccc(C(F)(F)F)cc1[N+](=O)[O-]. The molecule has 0 spiro atoms. The van der Waals surface area contributed by atoms with Crippen LogP contribution in [0.4, 0.5) is 23.7 Å². The quantitative estimate of drug-likeness (QED) is 0.266. The first kappa shape index (κ1) is 27.8. The number of hydrogen-bond donors (Lipinski definition) is 0. The lowest BCUT2D eigenvalue weighted by atomic mass is 10.1. The van der Waals surface area contributed by atoms with Gasteiger partial charge in [-0.25, -0.2) is 9.00 Å². The third-order valence-electron chi connectivity index (χ3n) is 5.16. The molecule has 0 bridgehead atoms. The average molecular weight is 481 g/mol. The molecule has 0 aliphatic carbocycles. The molecular weight excluding hydrogens is 449 g/mol. The third kappa shape index (κ3) is 7.44. The molecule has 182 valence electrons. The van der Waals surface area contributed by atoms with Crippen molar-refractivity contribution in [1.29, 1.82) is 0 Å². The molecule has 0 heterocycles. The van der Waals surface area contributed by atoms with Crippen LogP contribution in [0.5, 0.6) is 0 Å². The molecule has 2 unspecified atom stereocenters. The van der Waals surface area contributed by atoms with E-state index in [9.17, 15) is 32.3 Å². The highest BCUT2D eigenvalue weighted by Crippen LogP contribution is 2.35. The molecule has 32 heavy (non-hydrogen) atoms. The van der Waals surface area contributed by atoms with Crippen LogP contribution in [0.25, 0.3) is 0 Å². The van der Waals surface area contributed by atoms with Crippen molar-refractivity contribution < 1.29 is 27.1 Å². The van der Waals surface area contributed by atoms with Gasteiger partial charge in [0.05, 0.1) is 20.2 Å². The zero-order valence-electron chi connectivity index (χ0n) is 19.0. The molecule has 0 aromatic heterocycles. The summed E-state index contributed by atoms with van der Waals surface area (Å²) < 4.78 is 56.5. The normalized spacial score (nSPS) is 14.7. The summed E-state index contributed by atoms with van der Waals surface area (Å²) in [4.78, 5) is 25.5. The van der Waals surface area contributed by atoms with Gasteiger partial charge in [-0.05, 0) is 45.0 Å². The second-order valence-corrected chi connectivity index (χ2v) is 9.93. The van der Waals surface area contributed by atoms with Gasteiger partial charge in [-0.2, -0.15) is 13.2 Å². The van der Waals surface area contributed by atoms with Crippen molar-refractivity contribution >= 4 is 21.4 Å². The molecule has 0 aliphatic heterocycles. The second kappa shape index (κ2) is 11.6. The summed E-state index contributed by atoms with van der Waals surface area (Å²) in [6, 6.07) is 1.16. The Labute approximate surface area is 187 Å². The standard InChI is InChI=1S/C20H31F3N4O4S/c1-6-26(7-2)15(3)10-8-9-13-32(31,24-19(28)25(4)5)18-12-11-16(20(21,22)23)14-17(18)27(29)30/h11-12,14-15H,6-10,13H2,1-5H3. The smallest absolute Gasteiger partial charge is 0.328 e. The van der Waals surface area contributed by atoms with Gasteiger partial charge in [0.15, 0.2) is 0 Å². The van der Waals surface area contributed by atoms with Crippen LogP contribution >= 0.6 is 0 Å². The lowest BCUT2D eigenvalue weighted by molar-refractivity contribution is -0.388. The number of alkyl halides is 3. The Bertz CT molecular complexity index is 924. The predicted octanol–water partition coefficient (Wildman–Crippen LogP) is 5.02. The molecule has 0 saturated carbocycles. The van der Waals surface area contributed by atoms with E-state index in [1.807, 2.05) is 13.8 Å². The number of nitro groups is 1. The number of benzene rings is 1. The van der Waals surface area contributed by atoms with Crippen molar-refractivity contribution in [2.75, 3.05) is 32.9 Å². The minimum atomic E-state index is -4.80. The van der Waals surface area contributed by atoms with Gasteiger partial charge in [0.25, 0.3) is 5.69 Å². The molecule has 1 aromatic rings. The molecule has 0 N–H and O–H groups in total. The molecule has 2 atom stereocenters. The zero-order chi connectivity index (χ0) is 24.7. The molecule has 0 aliphatic rings. The number of urea groups is 1. The van der Waals surface area contributed by atoms with Crippen molar-refractivity contribution in [2.45, 2.75) is 57.1 Å². The lowest BCUT2D eigenvalue weighted by Crippen LogP contribution is -2.32. The largest absolute Gasteiger partial charge is 0.416 e. The van der Waals surface area contributed by atoms with Crippen molar-refractivity contribution in [1.82, 2.24) is 9.80 Å². The van der Waals surface area contributed by atoms with E-state index in [1.165, 1.54) is 14.1 Å². The van der Waals surface area contributed by atoms with E-state index in [-0.39, 0.29) is 11.8 Å². The maximum Gasteiger partial charge on any atom is 0.416 e. The number of nitrogens with zero attached hydrogens (tertiary/aromatic N) is 4. The Morgan fingerprint density at radius 3 is 2.28 bits per heavy atom. The summed E-state index contributed by atoms with van der Waals surface area (Å²) in [5.41, 5.74) is -2.20. The van der Waals surface area contributed by atoms with Gasteiger partial charge in [0.2, 0.25) is 0 Å². The molecule has 0 fully saturated rings. The van der Waals surface area contributed by atoms with Crippen LogP contribution in [0.3, 0.4) is 0 Å². The van der Waals surface area contributed by atoms with Crippen molar-refractivity contribution in [2.24, 2.45) is 4.36 Å². The fraction of sp³-hybridized carbons (Fsp3) is 0.650. The highest BCUT2D eigenvalue weighted by atomic mass is 32.2. The first-order valence-corrected chi connectivity index (χ1v) is 12.0. The second-order valence-electron chi connectivity index (χ2n) is 7.62. The lowest BCUT2D eigenvalue weighted by Gasteiger charge is -2.26. The number of amides is 2. The van der Waals surface area contributed by atoms with Gasteiger partial charge in [-0.3, -0.25) is 10.1 Å². The summed E-state index contributed by atoms with van der Waals surface area (Å²) in [5, 5.41) is 11.5. The molecule has 12 heteroatoms. The molecule has 0 radical (unpaired) electrons. The predicted molar refractivity (Wildman–Crippen MR) is 117 cm³/mol. The van der Waals surface area contributed by atoms with Crippen LogP contribution in [-0.2, 0) is 15.9 Å². The van der Waals surface area contributed by atoms with Gasteiger partial charge >= 0.3 is 12.2 Å². The Morgan fingerprint density at radius 2 is 1.81 bits per heavy atom. The van der Waals surface area contributed by atoms with Gasteiger partial charge in [0.1, 0.15) is 4.90 Å². The van der Waals surface area contributed by atoms with Gasteiger partial charge < -0.3 is 9.80 Å². The van der Waals surface area contributed by atoms with E-state index in [1.54, 1.807) is 0 Å². The Hall–Kier alpha value is -2.21. The van der Waals surface area contributed by atoms with E-state index in [0.717, 1.165) is 30.5 Å². The molecule has 2 amide bonds. The fourth-order valence-electron chi connectivity index (χ4n) is 3.29. The van der Waals surface area contributed by atoms with E-state index in [0.29, 0.717) is 25.0 Å². The van der Waals surface area contributed by atoms with Gasteiger partial charge in [-0.1, -0.05) is 20.3 Å². The molecule has 0 saturated heterocycles. The first-order valence-electron chi connectivity index (χ1n) is 10.3. The summed E-state index contributed by atoms with van der Waals surface area (Å²) in [6.07, 6.45) is -3.07. The number of rotatable bonds is 10. The van der Waals surface area contributed by atoms with E-state index < -0.39 is 43.0 Å². The summed E-state index contributed by atoms with van der Waals surface area (Å²) in [7, 11) is -0.921. The fourth-order valence-corrected chi connectivity index (χ4v) is 5.45. The first-order chi connectivity index (χ1) is 14.8. The molecular formula is C20H31F3N4O4S. The van der Waals surface area contributed by atoms with Gasteiger partial charge in [0, 0.05) is 32.0 Å². The molecule has 1 rings (SSSR count). The topological polar surface area (TPSA) is 96.1 Å². The van der Waals surface area contributed by atoms with E-state index >= 15 is 0 Å². The van der Waals surface area contributed by atoms with Crippen LogP contribution in [0.1, 0.15) is 45.6 Å². The van der Waals surface area contributed by atoms with Crippen molar-refractivity contribution in [3.05, 3.63) is 33.9 Å². The summed E-state index contributed by atoms with van der Waals surface area (Å²) in [5.74, 6) is -0.177. The number of carbonyl (C=O) groups is 1. The Balaban J connectivity index is 3.32. The number of nitro benzene ring substituents is 1. The maximum atomic E-state index is 13.7. The van der Waals surface area contributed by atoms with Crippen LogP contribution in [0.2, 0.25) is 0 Å². The van der Waals surface area contributed by atoms with Gasteiger partial charge in [-0.15, -0.1) is 4.36 Å². The summed E-state index contributed by atoms with van der Waals surface area (Å²) >= 11 is 0. The third-order valence-corrected chi connectivity index (χ3v) is 7.49. The Morgan fingerprint density at radius 1 is 1.22 bits per heavy atom. The average Bonchev–Trinajstić information content (AvgIpc) is 2.70. The minimum absolute atomic E-state index is 0.177. The highest BCUT2D eigenvalue weighted by Gasteiger charge is 2.35. The van der Waals surface area contributed by atoms with E-state index in [4.69, 9.17) is 0 Å². The molecule has 1 aromatic carbocycles. The highest BCUT2D eigenvalue weighted by molar-refractivity contribution is 7.94. The Kier molecular flexibility index (Phi) is 10.1. The van der Waals surface area contributed by atoms with Crippen LogP contribution in [-0.4, -0.2) is 63.9 Å². The molecule has 8 nitrogen and oxygen atoms in total. The maximum absolute atomic E-state index is 13.7. The number of hydrogen-bond acceptors (Lipinski definition) is 5. The van der Waals surface area contributed by atoms with E-state index in [2.05, 4.69) is 16.2 Å². The van der Waals surface area contributed by atoms with Crippen LogP contribution in [0, 0.1) is 10.1 Å². The van der Waals surface area contributed by atoms with Crippen LogP contribution in [0.15, 0.2) is 27.5 Å². The van der Waals surface area contributed by atoms with Crippen LogP contribution < -0.4 is 0 Å². The summed E-state index contributed by atoms with van der Waals surface area (Å²) in [6.45, 7) is 7.90. The number of halogens is 3. The van der Waals surface area contributed by atoms with Crippen molar-refractivity contribution in [3.8, 4) is 0 Å². The number of unbranched alkanes of at least 4 members (excludes halogenated alkanes) is 1. The number of carbonyl (C=O) groups excluding carboxylic acids is 1. The van der Waals surface area contributed by atoms with Crippen molar-refractivity contribution in [3.63, 3.8) is 0 Å². The minimum Gasteiger partial charge on any atom is -0.328 e.